The first-order valence-electron chi connectivity index (χ1n) is 10.9. The zero-order valence-electron chi connectivity index (χ0n) is 19.5. The highest BCUT2D eigenvalue weighted by Crippen LogP contribution is 2.62. The summed E-state index contributed by atoms with van der Waals surface area (Å²) in [5.74, 6) is 1.02. The molecule has 0 radical (unpaired) electrons. The van der Waals surface area contributed by atoms with Crippen LogP contribution in [-0.4, -0.2) is 9.55 Å². The topological polar surface area (TPSA) is 101 Å². The van der Waals surface area contributed by atoms with Gasteiger partial charge in [0.25, 0.3) is 0 Å². The molecule has 0 saturated carbocycles. The van der Waals surface area contributed by atoms with E-state index in [1.807, 2.05) is 49.4 Å². The molecule has 0 unspecified atom stereocenters. The van der Waals surface area contributed by atoms with Crippen molar-refractivity contribution in [3.05, 3.63) is 102 Å². The van der Waals surface area contributed by atoms with Gasteiger partial charge in [-0.25, -0.2) is 9.55 Å². The molecule has 7 nitrogen and oxygen atoms in total. The number of para-hydroxylation sites is 2. The van der Waals surface area contributed by atoms with E-state index in [1.165, 1.54) is 4.57 Å². The summed E-state index contributed by atoms with van der Waals surface area (Å²) in [4.78, 5) is 4.47. The standard InChI is InChI=1S/C27H23N4O3P/c1-20-12-10-11-17-23(20)26-30-24(18-28)25(19-29)31(26)27(2,3)35(32,33-21-13-6-4-7-14-21)34-22-15-8-5-9-16-22/h4-17H,1-3H3. The van der Waals surface area contributed by atoms with Crippen molar-refractivity contribution in [1.82, 2.24) is 9.55 Å². The van der Waals surface area contributed by atoms with Gasteiger partial charge >= 0.3 is 7.60 Å². The second kappa shape index (κ2) is 9.50. The van der Waals surface area contributed by atoms with E-state index in [1.54, 1.807) is 62.4 Å². The van der Waals surface area contributed by atoms with Crippen molar-refractivity contribution < 1.29 is 13.6 Å². The molecule has 0 amide bonds. The van der Waals surface area contributed by atoms with E-state index in [4.69, 9.17) is 9.05 Å². The van der Waals surface area contributed by atoms with Gasteiger partial charge in [-0.05, 0) is 50.6 Å². The molecular formula is C27H23N4O3P. The highest BCUT2D eigenvalue weighted by atomic mass is 31.2. The first kappa shape index (κ1) is 23.8. The molecule has 174 valence electrons. The van der Waals surface area contributed by atoms with Gasteiger partial charge in [0.1, 0.15) is 29.5 Å². The summed E-state index contributed by atoms with van der Waals surface area (Å²) in [7, 11) is -4.13. The third-order valence-corrected chi connectivity index (χ3v) is 8.07. The molecule has 35 heavy (non-hydrogen) atoms. The summed E-state index contributed by atoms with van der Waals surface area (Å²) in [6.45, 7) is 5.22. The van der Waals surface area contributed by atoms with E-state index < -0.39 is 12.9 Å². The minimum Gasteiger partial charge on any atom is -0.415 e. The molecule has 0 fully saturated rings. The SMILES string of the molecule is Cc1ccccc1-c1nc(C#N)c(C#N)n1C(C)(C)P(=O)(Oc1ccccc1)Oc1ccccc1. The summed E-state index contributed by atoms with van der Waals surface area (Å²) in [5, 5.41) is 18.3. The summed E-state index contributed by atoms with van der Waals surface area (Å²) >= 11 is 0. The van der Waals surface area contributed by atoms with E-state index in [-0.39, 0.29) is 11.4 Å². The van der Waals surface area contributed by atoms with Gasteiger partial charge in [0.15, 0.2) is 16.7 Å². The zero-order chi connectivity index (χ0) is 25.1. The molecule has 0 N–H and O–H groups in total. The smallest absolute Gasteiger partial charge is 0.415 e. The quantitative estimate of drug-likeness (QED) is 0.274. The molecule has 8 heteroatoms. The molecule has 1 heterocycles. The molecule has 0 atom stereocenters. The highest BCUT2D eigenvalue weighted by molar-refractivity contribution is 7.55. The Morgan fingerprint density at radius 3 is 1.83 bits per heavy atom. The maximum atomic E-state index is 14.7. The van der Waals surface area contributed by atoms with Crippen LogP contribution in [0.1, 0.15) is 30.8 Å². The van der Waals surface area contributed by atoms with Crippen molar-refractivity contribution in [3.8, 4) is 35.0 Å². The van der Waals surface area contributed by atoms with Crippen LogP contribution >= 0.6 is 7.60 Å². The first-order valence-corrected chi connectivity index (χ1v) is 12.4. The molecule has 0 spiro atoms. The van der Waals surface area contributed by atoms with Gasteiger partial charge in [-0.1, -0.05) is 60.7 Å². The van der Waals surface area contributed by atoms with E-state index in [9.17, 15) is 15.1 Å². The van der Waals surface area contributed by atoms with Crippen LogP contribution in [0.5, 0.6) is 11.5 Å². The number of hydrogen-bond acceptors (Lipinski definition) is 6. The fourth-order valence-corrected chi connectivity index (χ4v) is 5.47. The number of benzene rings is 3. The predicted octanol–water partition coefficient (Wildman–Crippen LogP) is 6.65. The molecule has 4 rings (SSSR count). The lowest BCUT2D eigenvalue weighted by Gasteiger charge is -2.35. The van der Waals surface area contributed by atoms with Gasteiger partial charge in [0, 0.05) is 5.56 Å². The molecule has 0 aliphatic carbocycles. The number of nitriles is 2. The van der Waals surface area contributed by atoms with Gasteiger partial charge < -0.3 is 9.05 Å². The van der Waals surface area contributed by atoms with E-state index in [0.717, 1.165) is 5.56 Å². The Kier molecular flexibility index (Phi) is 6.47. The van der Waals surface area contributed by atoms with Crippen molar-refractivity contribution in [2.75, 3.05) is 0 Å². The lowest BCUT2D eigenvalue weighted by Crippen LogP contribution is -2.32. The van der Waals surface area contributed by atoms with E-state index in [2.05, 4.69) is 11.1 Å². The zero-order valence-corrected chi connectivity index (χ0v) is 20.4. The fraction of sp³-hybridized carbons (Fsp3) is 0.148. The van der Waals surface area contributed by atoms with Gasteiger partial charge in [-0.3, -0.25) is 4.57 Å². The lowest BCUT2D eigenvalue weighted by molar-refractivity contribution is 0.316. The third-order valence-electron chi connectivity index (χ3n) is 5.63. The normalized spacial score (nSPS) is 11.3. The van der Waals surface area contributed by atoms with Crippen molar-refractivity contribution in [3.63, 3.8) is 0 Å². The van der Waals surface area contributed by atoms with Gasteiger partial charge in [0.05, 0.1) is 0 Å². The molecule has 0 saturated heterocycles. The number of aryl methyl sites for hydroxylation is 1. The van der Waals surface area contributed by atoms with Crippen LogP contribution in [0.4, 0.5) is 0 Å². The molecule has 0 aliphatic rings. The average molecular weight is 482 g/mol. The highest BCUT2D eigenvalue weighted by Gasteiger charge is 2.51. The van der Waals surface area contributed by atoms with Crippen molar-refractivity contribution >= 4 is 7.60 Å². The summed E-state index contributed by atoms with van der Waals surface area (Å²) in [6.07, 6.45) is 0. The monoisotopic (exact) mass is 482 g/mol. The molecular weight excluding hydrogens is 459 g/mol. The number of rotatable bonds is 7. The minimum atomic E-state index is -4.13. The maximum absolute atomic E-state index is 14.7. The van der Waals surface area contributed by atoms with Crippen LogP contribution in [0.2, 0.25) is 0 Å². The average Bonchev–Trinajstić information content (AvgIpc) is 3.24. The molecule has 3 aromatic carbocycles. The van der Waals surface area contributed by atoms with Crippen LogP contribution in [0.25, 0.3) is 11.4 Å². The van der Waals surface area contributed by atoms with Gasteiger partial charge in [-0.15, -0.1) is 0 Å². The van der Waals surface area contributed by atoms with Crippen molar-refractivity contribution in [1.29, 1.82) is 10.5 Å². The Morgan fingerprint density at radius 1 is 0.829 bits per heavy atom. The Balaban J connectivity index is 1.98. The second-order valence-electron chi connectivity index (χ2n) is 8.31. The van der Waals surface area contributed by atoms with Gasteiger partial charge in [-0.2, -0.15) is 10.5 Å². The first-order chi connectivity index (χ1) is 16.8. The predicted molar refractivity (Wildman–Crippen MR) is 133 cm³/mol. The van der Waals surface area contributed by atoms with Crippen LogP contribution < -0.4 is 9.05 Å². The largest absolute Gasteiger partial charge is 0.456 e. The second-order valence-corrected chi connectivity index (χ2v) is 10.8. The number of imidazole rings is 1. The maximum Gasteiger partial charge on any atom is 0.456 e. The molecule has 0 aliphatic heterocycles. The van der Waals surface area contributed by atoms with Crippen molar-refractivity contribution in [2.45, 2.75) is 26.1 Å². The number of nitrogens with zero attached hydrogens (tertiary/aromatic N) is 4. The fourth-order valence-electron chi connectivity index (χ4n) is 3.74. The van der Waals surface area contributed by atoms with Crippen LogP contribution in [0.15, 0.2) is 84.9 Å². The van der Waals surface area contributed by atoms with Crippen LogP contribution in [0.3, 0.4) is 0 Å². The van der Waals surface area contributed by atoms with Gasteiger partial charge in [0.2, 0.25) is 0 Å². The molecule has 1 aromatic heterocycles. The Morgan fingerprint density at radius 2 is 1.34 bits per heavy atom. The van der Waals surface area contributed by atoms with E-state index >= 15 is 0 Å². The summed E-state index contributed by atoms with van der Waals surface area (Å²) < 4.78 is 28.4. The number of aromatic nitrogens is 2. The lowest BCUT2D eigenvalue weighted by atomic mass is 10.1. The minimum absolute atomic E-state index is 0.0238. The number of hydrogen-bond donors (Lipinski definition) is 0. The molecule has 0 bridgehead atoms. The third kappa shape index (κ3) is 4.43. The Hall–Kier alpha value is -4.32. The molecule has 4 aromatic rings. The Labute approximate surface area is 204 Å². The van der Waals surface area contributed by atoms with Crippen molar-refractivity contribution in [2.24, 2.45) is 0 Å². The summed E-state index contributed by atoms with van der Waals surface area (Å²) in [5.41, 5.74) is 1.49. The van der Waals surface area contributed by atoms with Crippen LogP contribution in [0, 0.1) is 29.6 Å². The van der Waals surface area contributed by atoms with Crippen LogP contribution in [-0.2, 0) is 9.85 Å². The van der Waals surface area contributed by atoms with E-state index in [0.29, 0.717) is 22.9 Å². The summed E-state index contributed by atoms with van der Waals surface area (Å²) in [6, 6.07) is 29.0. The Bertz CT molecular complexity index is 1440.